The van der Waals surface area contributed by atoms with Gasteiger partial charge in [0.2, 0.25) is 0 Å². The van der Waals surface area contributed by atoms with Gasteiger partial charge in [0.15, 0.2) is 0 Å². The zero-order chi connectivity index (χ0) is 10.6. The van der Waals surface area contributed by atoms with Crippen LogP contribution in [0.15, 0.2) is 29.3 Å². The van der Waals surface area contributed by atoms with Gasteiger partial charge in [0.1, 0.15) is 12.6 Å². The van der Waals surface area contributed by atoms with Gasteiger partial charge in [-0.25, -0.2) is 4.99 Å². The lowest BCUT2D eigenvalue weighted by atomic mass is 10.1. The number of hydrogen-bond acceptors (Lipinski definition) is 3. The molecule has 0 saturated carbocycles. The van der Waals surface area contributed by atoms with Crippen LogP contribution in [-0.2, 0) is 9.53 Å². The van der Waals surface area contributed by atoms with Gasteiger partial charge in [0.05, 0.1) is 0 Å². The number of ether oxygens (including phenoxy) is 1. The van der Waals surface area contributed by atoms with Gasteiger partial charge in [-0.05, 0) is 12.0 Å². The molecule has 0 aromatic carbocycles. The summed E-state index contributed by atoms with van der Waals surface area (Å²) in [5.41, 5.74) is 6.01. The molecular formula is C10H14N2O2. The van der Waals surface area contributed by atoms with Crippen LogP contribution in [0.4, 0.5) is 0 Å². The summed E-state index contributed by atoms with van der Waals surface area (Å²) in [6.45, 7) is 6.08. The molecule has 1 aliphatic rings. The topological polar surface area (TPSA) is 64.7 Å². The number of rotatable bonds is 4. The molecule has 0 aromatic rings. The standard InChI is InChI=1S/C10H14N2O2/c1-3-5-7(4-2)8-6-14-10(12-8)9(11)13/h4-5,8H,2-3,6H2,1H3,(H2,11,13)/b7-5+. The molecule has 2 N–H and O–H groups in total. The molecule has 1 amide bonds. The van der Waals surface area contributed by atoms with E-state index in [-0.39, 0.29) is 11.9 Å². The predicted octanol–water partition coefficient (Wildman–Crippen LogP) is 0.791. The second kappa shape index (κ2) is 4.60. The Labute approximate surface area is 83.1 Å². The van der Waals surface area contributed by atoms with Crippen LogP contribution in [0.2, 0.25) is 0 Å². The lowest BCUT2D eigenvalue weighted by Gasteiger charge is -2.04. The molecule has 0 aliphatic carbocycles. The van der Waals surface area contributed by atoms with Crippen molar-refractivity contribution in [2.45, 2.75) is 19.4 Å². The van der Waals surface area contributed by atoms with E-state index in [2.05, 4.69) is 11.6 Å². The Hall–Kier alpha value is -1.58. The maximum Gasteiger partial charge on any atom is 0.303 e. The predicted molar refractivity (Wildman–Crippen MR) is 54.9 cm³/mol. The minimum absolute atomic E-state index is 0.0128. The molecule has 4 heteroatoms. The van der Waals surface area contributed by atoms with Gasteiger partial charge in [-0.1, -0.05) is 25.7 Å². The normalized spacial score (nSPS) is 21.4. The largest absolute Gasteiger partial charge is 0.471 e. The summed E-state index contributed by atoms with van der Waals surface area (Å²) in [6.07, 6.45) is 4.64. The first-order valence-electron chi connectivity index (χ1n) is 4.52. The van der Waals surface area contributed by atoms with E-state index in [9.17, 15) is 4.79 Å². The number of nitrogens with zero attached hydrogens (tertiary/aromatic N) is 1. The van der Waals surface area contributed by atoms with Crippen LogP contribution < -0.4 is 5.73 Å². The van der Waals surface area contributed by atoms with E-state index in [4.69, 9.17) is 10.5 Å². The quantitative estimate of drug-likeness (QED) is 0.672. The summed E-state index contributed by atoms with van der Waals surface area (Å²) in [5.74, 6) is -0.605. The van der Waals surface area contributed by atoms with Gasteiger partial charge >= 0.3 is 5.91 Å². The average molecular weight is 194 g/mol. The van der Waals surface area contributed by atoms with Crippen molar-refractivity contribution >= 4 is 11.8 Å². The highest BCUT2D eigenvalue weighted by atomic mass is 16.5. The van der Waals surface area contributed by atoms with Crippen LogP contribution in [0.3, 0.4) is 0 Å². The number of primary amides is 1. The lowest BCUT2D eigenvalue weighted by molar-refractivity contribution is -0.113. The molecule has 0 spiro atoms. The summed E-state index contributed by atoms with van der Waals surface area (Å²) >= 11 is 0. The smallest absolute Gasteiger partial charge is 0.303 e. The van der Waals surface area contributed by atoms with Crippen molar-refractivity contribution < 1.29 is 9.53 Å². The molecule has 1 rings (SSSR count). The maximum atomic E-state index is 10.7. The van der Waals surface area contributed by atoms with E-state index in [0.29, 0.717) is 6.61 Å². The molecule has 4 nitrogen and oxygen atoms in total. The highest BCUT2D eigenvalue weighted by molar-refractivity contribution is 6.35. The van der Waals surface area contributed by atoms with Crippen molar-refractivity contribution in [3.05, 3.63) is 24.3 Å². The highest BCUT2D eigenvalue weighted by Crippen LogP contribution is 2.15. The van der Waals surface area contributed by atoms with E-state index in [0.717, 1.165) is 12.0 Å². The Bertz CT molecular complexity index is 305. The summed E-state index contributed by atoms with van der Waals surface area (Å²) in [7, 11) is 0. The second-order valence-corrected chi connectivity index (χ2v) is 2.94. The van der Waals surface area contributed by atoms with Gasteiger partial charge in [0.25, 0.3) is 5.90 Å². The lowest BCUT2D eigenvalue weighted by Crippen LogP contribution is -2.22. The van der Waals surface area contributed by atoms with Crippen molar-refractivity contribution in [1.29, 1.82) is 0 Å². The Morgan fingerprint density at radius 3 is 3.00 bits per heavy atom. The van der Waals surface area contributed by atoms with Gasteiger partial charge < -0.3 is 10.5 Å². The van der Waals surface area contributed by atoms with E-state index in [1.807, 2.05) is 13.0 Å². The Kier molecular flexibility index (Phi) is 3.45. The summed E-state index contributed by atoms with van der Waals surface area (Å²) in [5, 5.41) is 0. The van der Waals surface area contributed by atoms with Crippen molar-refractivity contribution in [2.75, 3.05) is 6.61 Å². The molecule has 1 aliphatic heterocycles. The van der Waals surface area contributed by atoms with Crippen LogP contribution in [0.25, 0.3) is 0 Å². The molecule has 0 bridgehead atoms. The van der Waals surface area contributed by atoms with Crippen LogP contribution in [0, 0.1) is 0 Å². The van der Waals surface area contributed by atoms with E-state index < -0.39 is 5.91 Å². The molecule has 14 heavy (non-hydrogen) atoms. The molecule has 1 heterocycles. The van der Waals surface area contributed by atoms with Crippen molar-refractivity contribution in [3.63, 3.8) is 0 Å². The molecule has 0 saturated heterocycles. The van der Waals surface area contributed by atoms with Crippen LogP contribution >= 0.6 is 0 Å². The number of hydrogen-bond donors (Lipinski definition) is 1. The van der Waals surface area contributed by atoms with Gasteiger partial charge in [-0.15, -0.1) is 0 Å². The number of allylic oxidation sites excluding steroid dienone is 1. The second-order valence-electron chi connectivity index (χ2n) is 2.94. The van der Waals surface area contributed by atoms with Crippen molar-refractivity contribution in [2.24, 2.45) is 10.7 Å². The van der Waals surface area contributed by atoms with Crippen LogP contribution in [-0.4, -0.2) is 24.5 Å². The first-order chi connectivity index (χ1) is 6.69. The SMILES string of the molecule is C=C/C(=C\CC)C1COC(C(N)=O)=N1. The molecular weight excluding hydrogens is 180 g/mol. The minimum Gasteiger partial charge on any atom is -0.471 e. The molecule has 76 valence electrons. The highest BCUT2D eigenvalue weighted by Gasteiger charge is 2.23. The van der Waals surface area contributed by atoms with Gasteiger partial charge in [-0.2, -0.15) is 0 Å². The number of amides is 1. The van der Waals surface area contributed by atoms with E-state index >= 15 is 0 Å². The first-order valence-corrected chi connectivity index (χ1v) is 4.52. The molecule has 0 aromatic heterocycles. The summed E-state index contributed by atoms with van der Waals surface area (Å²) in [6, 6.07) is -0.130. The monoisotopic (exact) mass is 194 g/mol. The maximum absolute atomic E-state index is 10.7. The van der Waals surface area contributed by atoms with Crippen LogP contribution in [0.1, 0.15) is 13.3 Å². The third-order valence-corrected chi connectivity index (χ3v) is 1.92. The first kappa shape index (κ1) is 10.5. The van der Waals surface area contributed by atoms with Crippen molar-refractivity contribution in [1.82, 2.24) is 0 Å². The zero-order valence-corrected chi connectivity index (χ0v) is 8.19. The molecule has 1 unspecified atom stereocenters. The number of aliphatic imine (C=N–C) groups is 1. The third kappa shape index (κ3) is 2.22. The molecule has 1 atom stereocenters. The van der Waals surface area contributed by atoms with E-state index in [1.165, 1.54) is 0 Å². The summed E-state index contributed by atoms with van der Waals surface area (Å²) in [4.78, 5) is 14.8. The fourth-order valence-electron chi connectivity index (χ4n) is 1.27. The fraction of sp³-hybridized carbons (Fsp3) is 0.400. The molecule has 0 fully saturated rings. The number of carbonyl (C=O) groups is 1. The Morgan fingerprint density at radius 1 is 1.86 bits per heavy atom. The van der Waals surface area contributed by atoms with Crippen molar-refractivity contribution in [3.8, 4) is 0 Å². The average Bonchev–Trinajstić information content (AvgIpc) is 2.63. The number of carbonyl (C=O) groups excluding carboxylic acids is 1. The van der Waals surface area contributed by atoms with Gasteiger partial charge in [-0.3, -0.25) is 4.79 Å². The summed E-state index contributed by atoms with van der Waals surface area (Å²) < 4.78 is 5.04. The third-order valence-electron chi connectivity index (χ3n) is 1.92. The molecule has 0 radical (unpaired) electrons. The Morgan fingerprint density at radius 2 is 2.57 bits per heavy atom. The Balaban J connectivity index is 2.77. The number of nitrogens with two attached hydrogens (primary N) is 1. The van der Waals surface area contributed by atoms with Gasteiger partial charge in [0, 0.05) is 0 Å². The minimum atomic E-state index is -0.618. The fourth-order valence-corrected chi connectivity index (χ4v) is 1.27. The van der Waals surface area contributed by atoms with Crippen LogP contribution in [0.5, 0.6) is 0 Å². The van der Waals surface area contributed by atoms with E-state index in [1.54, 1.807) is 6.08 Å². The zero-order valence-electron chi connectivity index (χ0n) is 8.19.